The van der Waals surface area contributed by atoms with Crippen LogP contribution in [0.4, 0.5) is 11.4 Å². The number of ether oxygens (including phenoxy) is 1. The molecule has 1 N–H and O–H groups in total. The van der Waals surface area contributed by atoms with Crippen LogP contribution in [0.5, 0.6) is 5.75 Å². The number of carbonyl (C=O) groups excluding carboxylic acids is 1. The van der Waals surface area contributed by atoms with E-state index < -0.39 is 11.4 Å². The highest BCUT2D eigenvalue weighted by molar-refractivity contribution is 6.31. The number of fused-ring (bicyclic) bond motifs is 2. The maximum Gasteiger partial charge on any atom is 0.335 e. The first kappa shape index (κ1) is 20.6. The number of carbonyl (C=O) groups is 2. The molecule has 0 fully saturated rings. The van der Waals surface area contributed by atoms with E-state index in [2.05, 4.69) is 0 Å². The molecule has 0 aromatic heterocycles. The summed E-state index contributed by atoms with van der Waals surface area (Å²) in [5.74, 6) is -0.362. The van der Waals surface area contributed by atoms with Gasteiger partial charge in [0.1, 0.15) is 11.4 Å². The summed E-state index contributed by atoms with van der Waals surface area (Å²) >= 11 is 6.35. The van der Waals surface area contributed by atoms with Crippen LogP contribution in [0, 0.1) is 0 Å². The van der Waals surface area contributed by atoms with Crippen molar-refractivity contribution in [3.05, 3.63) is 87.9 Å². The van der Waals surface area contributed by atoms with Gasteiger partial charge in [0, 0.05) is 17.1 Å². The number of rotatable bonds is 3. The first-order chi connectivity index (χ1) is 15.1. The van der Waals surface area contributed by atoms with Crippen molar-refractivity contribution in [1.82, 2.24) is 0 Å². The van der Waals surface area contributed by atoms with Crippen molar-refractivity contribution < 1.29 is 19.4 Å². The molecular weight excluding hydrogens is 426 g/mol. The lowest BCUT2D eigenvalue weighted by atomic mass is 9.76. The van der Waals surface area contributed by atoms with Crippen LogP contribution in [0.2, 0.25) is 5.02 Å². The predicted octanol–water partition coefficient (Wildman–Crippen LogP) is 5.74. The third-order valence-corrected chi connectivity index (χ3v) is 6.60. The topological polar surface area (TPSA) is 66.8 Å². The van der Waals surface area contributed by atoms with Crippen molar-refractivity contribution in [2.45, 2.75) is 38.2 Å². The molecule has 0 saturated heterocycles. The van der Waals surface area contributed by atoms with E-state index in [0.29, 0.717) is 16.4 Å². The van der Waals surface area contributed by atoms with Gasteiger partial charge < -0.3 is 9.84 Å². The molecule has 2 aliphatic rings. The number of hydrogen-bond acceptors (Lipinski definition) is 3. The normalized spacial score (nSPS) is 20.6. The molecule has 0 saturated carbocycles. The predicted molar refractivity (Wildman–Crippen MR) is 123 cm³/mol. The van der Waals surface area contributed by atoms with E-state index in [1.165, 1.54) is 12.1 Å². The summed E-state index contributed by atoms with van der Waals surface area (Å²) in [4.78, 5) is 27.1. The Hall–Kier alpha value is -3.31. The Labute approximate surface area is 191 Å². The molecule has 0 bridgehead atoms. The van der Waals surface area contributed by atoms with Crippen LogP contribution in [0.25, 0.3) is 0 Å². The van der Waals surface area contributed by atoms with Gasteiger partial charge >= 0.3 is 5.97 Å². The molecule has 3 aromatic rings. The SMILES string of the molecule is CC1(C)Cc2cc(C3(C)C(=O)N(c4cccc(C(=O)O)c4)c4ccc(Cl)cc43)ccc2O1. The van der Waals surface area contributed by atoms with Crippen molar-refractivity contribution in [2.24, 2.45) is 0 Å². The van der Waals surface area contributed by atoms with E-state index in [4.69, 9.17) is 16.3 Å². The lowest BCUT2D eigenvalue weighted by Crippen LogP contribution is -2.37. The quantitative estimate of drug-likeness (QED) is 0.556. The van der Waals surface area contributed by atoms with E-state index in [9.17, 15) is 14.7 Å². The van der Waals surface area contributed by atoms with E-state index in [1.807, 2.05) is 51.1 Å². The Morgan fingerprint density at radius 1 is 1.06 bits per heavy atom. The van der Waals surface area contributed by atoms with Gasteiger partial charge in [0.25, 0.3) is 0 Å². The molecule has 1 amide bonds. The summed E-state index contributed by atoms with van der Waals surface area (Å²) in [5.41, 5.74) is 2.76. The zero-order valence-corrected chi connectivity index (χ0v) is 18.7. The zero-order chi connectivity index (χ0) is 22.8. The van der Waals surface area contributed by atoms with Gasteiger partial charge in [0.15, 0.2) is 0 Å². The lowest BCUT2D eigenvalue weighted by molar-refractivity contribution is -0.120. The van der Waals surface area contributed by atoms with E-state index in [1.54, 1.807) is 23.1 Å². The molecule has 5 nitrogen and oxygen atoms in total. The summed E-state index contributed by atoms with van der Waals surface area (Å²) in [5, 5.41) is 9.97. The molecule has 5 rings (SSSR count). The molecule has 6 heteroatoms. The van der Waals surface area contributed by atoms with Gasteiger partial charge in [-0.2, -0.15) is 0 Å². The Balaban J connectivity index is 1.68. The van der Waals surface area contributed by atoms with Crippen molar-refractivity contribution in [1.29, 1.82) is 0 Å². The minimum Gasteiger partial charge on any atom is -0.487 e. The highest BCUT2D eigenvalue weighted by Crippen LogP contribution is 2.51. The molecule has 0 spiro atoms. The Bertz CT molecular complexity index is 1300. The van der Waals surface area contributed by atoms with Crippen molar-refractivity contribution in [3.63, 3.8) is 0 Å². The van der Waals surface area contributed by atoms with Crippen molar-refractivity contribution in [3.8, 4) is 5.75 Å². The Kier molecular flexibility index (Phi) is 4.40. The third kappa shape index (κ3) is 3.00. The number of carboxylic acids is 1. The highest BCUT2D eigenvalue weighted by Gasteiger charge is 2.50. The molecule has 162 valence electrons. The van der Waals surface area contributed by atoms with E-state index in [-0.39, 0.29) is 17.1 Å². The van der Waals surface area contributed by atoms with E-state index >= 15 is 0 Å². The van der Waals surface area contributed by atoms with Gasteiger partial charge in [0.05, 0.1) is 16.7 Å². The fourth-order valence-electron chi connectivity index (χ4n) is 4.79. The van der Waals surface area contributed by atoms with Gasteiger partial charge in [-0.1, -0.05) is 29.8 Å². The molecule has 1 unspecified atom stereocenters. The number of aromatic carboxylic acids is 1. The number of anilines is 2. The van der Waals surface area contributed by atoms with Crippen molar-refractivity contribution in [2.75, 3.05) is 4.90 Å². The second kappa shape index (κ2) is 6.84. The number of carboxylic acid groups (broad SMARTS) is 1. The van der Waals surface area contributed by atoms with Crippen LogP contribution in [-0.4, -0.2) is 22.6 Å². The number of benzene rings is 3. The molecule has 0 aliphatic carbocycles. The highest BCUT2D eigenvalue weighted by atomic mass is 35.5. The Morgan fingerprint density at radius 2 is 1.84 bits per heavy atom. The van der Waals surface area contributed by atoms with Crippen molar-refractivity contribution >= 4 is 34.9 Å². The van der Waals surface area contributed by atoms with Crippen LogP contribution in [0.15, 0.2) is 60.7 Å². The monoisotopic (exact) mass is 447 g/mol. The number of halogens is 1. The zero-order valence-electron chi connectivity index (χ0n) is 18.0. The number of hydrogen-bond donors (Lipinski definition) is 1. The van der Waals surface area contributed by atoms with Gasteiger partial charge in [-0.15, -0.1) is 0 Å². The molecule has 2 aliphatic heterocycles. The first-order valence-corrected chi connectivity index (χ1v) is 10.8. The molecule has 1 atom stereocenters. The smallest absolute Gasteiger partial charge is 0.335 e. The fourth-order valence-corrected chi connectivity index (χ4v) is 4.96. The van der Waals surface area contributed by atoms with Crippen LogP contribution in [0.3, 0.4) is 0 Å². The lowest BCUT2D eigenvalue weighted by Gasteiger charge is -2.26. The van der Waals surface area contributed by atoms with Gasteiger partial charge in [-0.25, -0.2) is 4.79 Å². The van der Waals surface area contributed by atoms with E-state index in [0.717, 1.165) is 28.9 Å². The first-order valence-electron chi connectivity index (χ1n) is 10.4. The summed E-state index contributed by atoms with van der Waals surface area (Å²) in [6.07, 6.45) is 0.757. The molecule has 32 heavy (non-hydrogen) atoms. The molecular formula is C26H22ClNO4. The summed E-state index contributed by atoms with van der Waals surface area (Å²) in [7, 11) is 0. The summed E-state index contributed by atoms with van der Waals surface area (Å²) in [6.45, 7) is 5.98. The maximum atomic E-state index is 14.0. The average molecular weight is 448 g/mol. The molecule has 0 radical (unpaired) electrons. The largest absolute Gasteiger partial charge is 0.487 e. The summed E-state index contributed by atoms with van der Waals surface area (Å²) < 4.78 is 6.01. The number of nitrogens with zero attached hydrogens (tertiary/aromatic N) is 1. The van der Waals surface area contributed by atoms with Gasteiger partial charge in [-0.3, -0.25) is 9.69 Å². The second-order valence-corrected chi connectivity index (χ2v) is 9.58. The number of amides is 1. The van der Waals surface area contributed by atoms with Gasteiger partial charge in [-0.05, 0) is 79.9 Å². The molecule has 2 heterocycles. The minimum absolute atomic E-state index is 0.122. The minimum atomic E-state index is -1.04. The third-order valence-electron chi connectivity index (χ3n) is 6.36. The Morgan fingerprint density at radius 3 is 2.59 bits per heavy atom. The molecule has 3 aromatic carbocycles. The average Bonchev–Trinajstić information content (AvgIpc) is 3.17. The van der Waals surface area contributed by atoms with Crippen LogP contribution in [0.1, 0.15) is 47.8 Å². The van der Waals surface area contributed by atoms with Crippen LogP contribution in [-0.2, 0) is 16.6 Å². The fraction of sp³-hybridized carbons (Fsp3) is 0.231. The second-order valence-electron chi connectivity index (χ2n) is 9.14. The summed E-state index contributed by atoms with van der Waals surface area (Å²) in [6, 6.07) is 17.7. The standard InChI is InChI=1S/C26H22ClNO4/c1-25(2)14-16-11-17(7-10-22(16)32-25)26(3)20-13-18(27)8-9-21(20)28(24(26)31)19-6-4-5-15(12-19)23(29)30/h4-13H,14H2,1-3H3,(H,29,30). The van der Waals surface area contributed by atoms with Crippen LogP contribution >= 0.6 is 11.6 Å². The van der Waals surface area contributed by atoms with Crippen LogP contribution < -0.4 is 9.64 Å². The maximum absolute atomic E-state index is 14.0. The van der Waals surface area contributed by atoms with Gasteiger partial charge in [0.2, 0.25) is 5.91 Å².